The Kier molecular flexibility index (Phi) is 5.09. The zero-order chi connectivity index (χ0) is 12.8. The molecule has 0 spiro atoms. The highest BCUT2D eigenvalue weighted by atomic mass is 32.1. The monoisotopic (exact) mass is 255 g/mol. The van der Waals surface area contributed by atoms with Gasteiger partial charge >= 0.3 is 5.97 Å². The highest BCUT2D eigenvalue weighted by molar-refractivity contribution is 7.80. The van der Waals surface area contributed by atoms with Crippen molar-refractivity contribution in [2.24, 2.45) is 5.73 Å². The smallest absolute Gasteiger partial charge is 0.329 e. The first kappa shape index (κ1) is 13.6. The minimum Gasteiger partial charge on any atom is -0.464 e. The molecule has 0 aliphatic carbocycles. The number of ether oxygens (including phenoxy) is 1. The van der Waals surface area contributed by atoms with E-state index in [0.717, 1.165) is 6.42 Å². The van der Waals surface area contributed by atoms with Crippen LogP contribution >= 0.6 is 12.2 Å². The third-order valence-corrected chi connectivity index (χ3v) is 2.53. The number of carbonyl (C=O) groups excluding carboxylic acids is 1. The van der Waals surface area contributed by atoms with Crippen LogP contribution in [0.2, 0.25) is 0 Å². The number of carbonyl (C=O) groups is 1. The summed E-state index contributed by atoms with van der Waals surface area (Å²) >= 11 is 4.90. The largest absolute Gasteiger partial charge is 0.464 e. The predicted octanol–water partition coefficient (Wildman–Crippen LogP) is 1.42. The average molecular weight is 255 g/mol. The van der Waals surface area contributed by atoms with Gasteiger partial charge in [0.05, 0.1) is 6.61 Å². The summed E-state index contributed by atoms with van der Waals surface area (Å²) in [6.07, 6.45) is 4.81. The molecule has 0 aliphatic rings. The Bertz CT molecular complexity index is 403. The quantitative estimate of drug-likeness (QED) is 0.615. The third kappa shape index (κ3) is 3.26. The van der Waals surface area contributed by atoms with Gasteiger partial charge in [-0.3, -0.25) is 0 Å². The van der Waals surface area contributed by atoms with Crippen molar-refractivity contribution in [1.29, 1.82) is 0 Å². The van der Waals surface area contributed by atoms with Crippen molar-refractivity contribution in [1.82, 2.24) is 9.55 Å². The molecule has 0 fully saturated rings. The van der Waals surface area contributed by atoms with E-state index in [0.29, 0.717) is 18.9 Å². The fourth-order valence-electron chi connectivity index (χ4n) is 1.64. The third-order valence-electron chi connectivity index (χ3n) is 2.35. The number of thiocarbonyl (C=S) groups is 1. The van der Waals surface area contributed by atoms with E-state index in [4.69, 9.17) is 22.7 Å². The molecule has 1 atom stereocenters. The van der Waals surface area contributed by atoms with Crippen molar-refractivity contribution < 1.29 is 9.53 Å². The normalized spacial score (nSPS) is 12.1. The minimum absolute atomic E-state index is 0.181. The van der Waals surface area contributed by atoms with Crippen LogP contribution in [0.5, 0.6) is 0 Å². The summed E-state index contributed by atoms with van der Waals surface area (Å²) in [4.78, 5) is 16.1. The molecular weight excluding hydrogens is 238 g/mol. The van der Waals surface area contributed by atoms with Gasteiger partial charge in [-0.15, -0.1) is 0 Å². The number of aromatic nitrogens is 2. The predicted molar refractivity (Wildman–Crippen MR) is 68.7 cm³/mol. The van der Waals surface area contributed by atoms with Crippen LogP contribution < -0.4 is 5.73 Å². The van der Waals surface area contributed by atoms with Gasteiger partial charge in [-0.25, -0.2) is 9.78 Å². The molecule has 1 heterocycles. The van der Waals surface area contributed by atoms with E-state index in [9.17, 15) is 4.79 Å². The maximum atomic E-state index is 11.9. The summed E-state index contributed by atoms with van der Waals surface area (Å²) in [6.45, 7) is 4.14. The van der Waals surface area contributed by atoms with Crippen LogP contribution in [0, 0.1) is 0 Å². The molecule has 94 valence electrons. The van der Waals surface area contributed by atoms with Gasteiger partial charge in [-0.1, -0.05) is 25.6 Å². The number of hydrogen-bond acceptors (Lipinski definition) is 4. The fraction of sp³-hybridized carbons (Fsp3) is 0.545. The summed E-state index contributed by atoms with van der Waals surface area (Å²) in [6, 6.07) is -0.404. The highest BCUT2D eigenvalue weighted by Gasteiger charge is 2.23. The van der Waals surface area contributed by atoms with Crippen molar-refractivity contribution in [3.05, 3.63) is 18.2 Å². The van der Waals surface area contributed by atoms with Gasteiger partial charge in [0.2, 0.25) is 0 Å². The van der Waals surface area contributed by atoms with Gasteiger partial charge in [0.15, 0.2) is 5.82 Å². The Morgan fingerprint density at radius 1 is 1.65 bits per heavy atom. The Labute approximate surface area is 106 Å². The standard InChI is InChI=1S/C11H17N3O2S/c1-3-5-8(11(15)16-4-2)14-7-6-13-10(14)9(12)17/h6-8H,3-5H2,1-2H3,(H2,12,17). The molecule has 6 heteroatoms. The highest BCUT2D eigenvalue weighted by Crippen LogP contribution is 2.18. The van der Waals surface area contributed by atoms with Gasteiger partial charge < -0.3 is 15.0 Å². The molecule has 1 unspecified atom stereocenters. The Morgan fingerprint density at radius 2 is 2.35 bits per heavy atom. The number of esters is 1. The van der Waals surface area contributed by atoms with Gasteiger partial charge in [0.1, 0.15) is 11.0 Å². The van der Waals surface area contributed by atoms with Crippen molar-refractivity contribution in [2.75, 3.05) is 6.61 Å². The molecule has 0 radical (unpaired) electrons. The lowest BCUT2D eigenvalue weighted by molar-refractivity contribution is -0.147. The Hall–Kier alpha value is -1.43. The van der Waals surface area contributed by atoms with Crippen molar-refractivity contribution in [3.8, 4) is 0 Å². The lowest BCUT2D eigenvalue weighted by atomic mass is 10.1. The summed E-state index contributed by atoms with van der Waals surface area (Å²) in [5, 5.41) is 0. The van der Waals surface area contributed by atoms with E-state index >= 15 is 0 Å². The summed E-state index contributed by atoms with van der Waals surface area (Å²) < 4.78 is 6.73. The lowest BCUT2D eigenvalue weighted by Crippen LogP contribution is -2.26. The number of nitrogens with two attached hydrogens (primary N) is 1. The number of imidazole rings is 1. The minimum atomic E-state index is -0.404. The van der Waals surface area contributed by atoms with E-state index < -0.39 is 6.04 Å². The maximum Gasteiger partial charge on any atom is 0.329 e. The second kappa shape index (κ2) is 6.34. The second-order valence-electron chi connectivity index (χ2n) is 3.58. The molecule has 5 nitrogen and oxygen atoms in total. The van der Waals surface area contributed by atoms with Gasteiger partial charge in [-0.05, 0) is 13.3 Å². The first-order valence-corrected chi connectivity index (χ1v) is 6.01. The van der Waals surface area contributed by atoms with E-state index in [2.05, 4.69) is 4.98 Å². The number of hydrogen-bond donors (Lipinski definition) is 1. The maximum absolute atomic E-state index is 11.9. The second-order valence-corrected chi connectivity index (χ2v) is 4.02. The Morgan fingerprint density at radius 3 is 2.88 bits per heavy atom. The van der Waals surface area contributed by atoms with Crippen molar-refractivity contribution in [3.63, 3.8) is 0 Å². The molecule has 0 amide bonds. The zero-order valence-electron chi connectivity index (χ0n) is 10.0. The first-order chi connectivity index (χ1) is 8.11. The van der Waals surface area contributed by atoms with Crippen LogP contribution in [0.25, 0.3) is 0 Å². The molecule has 0 aromatic carbocycles. The molecule has 1 aromatic rings. The molecule has 2 N–H and O–H groups in total. The number of rotatable bonds is 6. The molecule has 0 saturated carbocycles. The molecule has 0 bridgehead atoms. The van der Waals surface area contributed by atoms with E-state index in [1.54, 1.807) is 23.9 Å². The summed E-state index contributed by atoms with van der Waals surface area (Å²) in [7, 11) is 0. The van der Waals surface area contributed by atoms with Gasteiger partial charge in [0.25, 0.3) is 0 Å². The van der Waals surface area contributed by atoms with E-state index in [1.807, 2.05) is 6.92 Å². The first-order valence-electron chi connectivity index (χ1n) is 5.61. The fourth-order valence-corrected chi connectivity index (χ4v) is 1.80. The summed E-state index contributed by atoms with van der Waals surface area (Å²) in [5.41, 5.74) is 5.56. The van der Waals surface area contributed by atoms with Gasteiger partial charge in [0, 0.05) is 12.4 Å². The van der Waals surface area contributed by atoms with E-state index in [1.165, 1.54) is 0 Å². The van der Waals surface area contributed by atoms with Gasteiger partial charge in [-0.2, -0.15) is 0 Å². The topological polar surface area (TPSA) is 70.1 Å². The lowest BCUT2D eigenvalue weighted by Gasteiger charge is -2.18. The van der Waals surface area contributed by atoms with Crippen LogP contribution in [0.1, 0.15) is 38.6 Å². The Balaban J connectivity index is 3.00. The average Bonchev–Trinajstić information content (AvgIpc) is 2.74. The van der Waals surface area contributed by atoms with Crippen LogP contribution in [0.3, 0.4) is 0 Å². The van der Waals surface area contributed by atoms with Crippen molar-refractivity contribution in [2.45, 2.75) is 32.7 Å². The molecule has 0 saturated heterocycles. The molecule has 1 aromatic heterocycles. The van der Waals surface area contributed by atoms with Crippen LogP contribution in [-0.2, 0) is 9.53 Å². The van der Waals surface area contributed by atoms with Crippen LogP contribution in [0.15, 0.2) is 12.4 Å². The van der Waals surface area contributed by atoms with Crippen LogP contribution in [0.4, 0.5) is 0 Å². The SMILES string of the molecule is CCCC(C(=O)OCC)n1ccnc1C(N)=S. The molecular formula is C11H17N3O2S. The van der Waals surface area contributed by atoms with Crippen molar-refractivity contribution >= 4 is 23.2 Å². The number of nitrogens with zero attached hydrogens (tertiary/aromatic N) is 2. The molecule has 1 rings (SSSR count). The molecule has 17 heavy (non-hydrogen) atoms. The summed E-state index contributed by atoms with van der Waals surface area (Å²) in [5.74, 6) is 0.177. The van der Waals surface area contributed by atoms with E-state index in [-0.39, 0.29) is 11.0 Å². The van der Waals surface area contributed by atoms with Crippen LogP contribution in [-0.4, -0.2) is 27.1 Å². The molecule has 0 aliphatic heterocycles. The zero-order valence-corrected chi connectivity index (χ0v) is 10.9.